The van der Waals surface area contributed by atoms with Gasteiger partial charge in [-0.1, -0.05) is 0 Å². The summed E-state index contributed by atoms with van der Waals surface area (Å²) in [6.07, 6.45) is -2.85. The van der Waals surface area contributed by atoms with Crippen LogP contribution in [0.3, 0.4) is 0 Å². The molecule has 4 nitrogen and oxygen atoms in total. The van der Waals surface area contributed by atoms with Crippen LogP contribution in [0.1, 0.15) is 10.5 Å². The molecule has 0 fully saturated rings. The predicted octanol–water partition coefficient (Wildman–Crippen LogP) is 1.23. The number of hydrogen-bond acceptors (Lipinski definition) is 4. The van der Waals surface area contributed by atoms with Crippen LogP contribution < -0.4 is 4.74 Å². The molecule has 0 N–H and O–H groups in total. The van der Waals surface area contributed by atoms with Crippen LogP contribution in [0.4, 0.5) is 13.2 Å². The summed E-state index contributed by atoms with van der Waals surface area (Å²) < 4.78 is 40.4. The van der Waals surface area contributed by atoms with Crippen molar-refractivity contribution < 1.29 is 22.7 Å². The zero-order chi connectivity index (χ0) is 10.8. The Balaban J connectivity index is 3.13. The molecular formula is C7H5F3N2O2. The Morgan fingerprint density at radius 2 is 1.93 bits per heavy atom. The van der Waals surface area contributed by atoms with Crippen molar-refractivity contribution in [3.05, 3.63) is 18.1 Å². The molecule has 1 rings (SSSR count). The van der Waals surface area contributed by atoms with Crippen LogP contribution in [0.15, 0.2) is 12.4 Å². The highest BCUT2D eigenvalue weighted by molar-refractivity contribution is 6.00. The van der Waals surface area contributed by atoms with Gasteiger partial charge in [-0.25, -0.2) is 9.97 Å². The van der Waals surface area contributed by atoms with Gasteiger partial charge in [0.05, 0.1) is 7.11 Å². The summed E-state index contributed by atoms with van der Waals surface area (Å²) in [7, 11) is 1.11. The van der Waals surface area contributed by atoms with E-state index in [0.29, 0.717) is 0 Å². The quantitative estimate of drug-likeness (QED) is 0.683. The van der Waals surface area contributed by atoms with E-state index in [0.717, 1.165) is 19.5 Å². The maximum atomic E-state index is 12.0. The predicted molar refractivity (Wildman–Crippen MR) is 39.0 cm³/mol. The molecule has 76 valence electrons. The largest absolute Gasteiger partial charge is 0.479 e. The van der Waals surface area contributed by atoms with Crippen molar-refractivity contribution >= 4 is 5.78 Å². The summed E-state index contributed by atoms with van der Waals surface area (Å²) in [5.41, 5.74) is -0.831. The number of ketones is 1. The van der Waals surface area contributed by atoms with Gasteiger partial charge in [-0.15, -0.1) is 0 Å². The Hall–Kier alpha value is -1.66. The minimum Gasteiger partial charge on any atom is -0.479 e. The number of aromatic nitrogens is 2. The molecule has 0 bridgehead atoms. The molecule has 0 aliphatic heterocycles. The number of Topliss-reactive ketones (excluding diaryl/α,β-unsaturated/α-hetero) is 1. The van der Waals surface area contributed by atoms with Crippen LogP contribution in [0.2, 0.25) is 0 Å². The van der Waals surface area contributed by atoms with Crippen LogP contribution in [0.5, 0.6) is 5.88 Å². The van der Waals surface area contributed by atoms with Crippen molar-refractivity contribution in [2.75, 3.05) is 7.11 Å². The fourth-order valence-electron chi connectivity index (χ4n) is 0.765. The number of ether oxygens (including phenoxy) is 1. The number of rotatable bonds is 2. The van der Waals surface area contributed by atoms with Crippen LogP contribution in [0, 0.1) is 0 Å². The lowest BCUT2D eigenvalue weighted by Gasteiger charge is -2.06. The average molecular weight is 206 g/mol. The molecule has 0 atom stereocenters. The van der Waals surface area contributed by atoms with E-state index in [1.54, 1.807) is 0 Å². The molecule has 7 heteroatoms. The highest BCUT2D eigenvalue weighted by Gasteiger charge is 2.42. The van der Waals surface area contributed by atoms with Crippen molar-refractivity contribution in [2.24, 2.45) is 0 Å². The van der Waals surface area contributed by atoms with Gasteiger partial charge in [-0.05, 0) is 0 Å². The van der Waals surface area contributed by atoms with Crippen LogP contribution in [-0.2, 0) is 0 Å². The van der Waals surface area contributed by atoms with E-state index in [2.05, 4.69) is 14.7 Å². The second-order valence-electron chi connectivity index (χ2n) is 2.24. The number of carbonyl (C=O) groups is 1. The molecular weight excluding hydrogens is 201 g/mol. The highest BCUT2D eigenvalue weighted by Crippen LogP contribution is 2.23. The minimum atomic E-state index is -4.97. The SMILES string of the molecule is COc1nccnc1C(=O)C(F)(F)F. The van der Waals surface area contributed by atoms with E-state index in [1.807, 2.05) is 0 Å². The molecule has 1 heterocycles. The second kappa shape index (κ2) is 3.60. The number of methoxy groups -OCH3 is 1. The smallest absolute Gasteiger partial charge is 0.456 e. The van der Waals surface area contributed by atoms with Crippen molar-refractivity contribution in [1.82, 2.24) is 9.97 Å². The van der Waals surface area contributed by atoms with Crippen molar-refractivity contribution in [3.8, 4) is 5.88 Å². The van der Waals surface area contributed by atoms with Gasteiger partial charge in [0.15, 0.2) is 5.69 Å². The Labute approximate surface area is 76.7 Å². The average Bonchev–Trinajstić information content (AvgIpc) is 2.15. The van der Waals surface area contributed by atoms with E-state index in [-0.39, 0.29) is 0 Å². The molecule has 0 radical (unpaired) electrons. The zero-order valence-corrected chi connectivity index (χ0v) is 7.00. The fraction of sp³-hybridized carbons (Fsp3) is 0.286. The van der Waals surface area contributed by atoms with E-state index in [4.69, 9.17) is 0 Å². The van der Waals surface area contributed by atoms with Gasteiger partial charge in [0.1, 0.15) is 0 Å². The van der Waals surface area contributed by atoms with Crippen LogP contribution in [-0.4, -0.2) is 29.0 Å². The maximum Gasteiger partial charge on any atom is 0.456 e. The Morgan fingerprint density at radius 3 is 2.43 bits per heavy atom. The molecule has 0 aromatic carbocycles. The van der Waals surface area contributed by atoms with E-state index >= 15 is 0 Å². The summed E-state index contributed by atoms with van der Waals surface area (Å²) >= 11 is 0. The van der Waals surface area contributed by atoms with Crippen LogP contribution in [0.25, 0.3) is 0 Å². The first-order chi connectivity index (χ1) is 6.46. The fourth-order valence-corrected chi connectivity index (χ4v) is 0.765. The number of alkyl halides is 3. The molecule has 0 saturated heterocycles. The third kappa shape index (κ3) is 1.98. The summed E-state index contributed by atoms with van der Waals surface area (Å²) in [5.74, 6) is -2.50. The summed E-state index contributed by atoms with van der Waals surface area (Å²) in [6, 6.07) is 0. The van der Waals surface area contributed by atoms with Crippen molar-refractivity contribution in [3.63, 3.8) is 0 Å². The summed E-state index contributed by atoms with van der Waals surface area (Å²) in [4.78, 5) is 17.4. The second-order valence-corrected chi connectivity index (χ2v) is 2.24. The van der Waals surface area contributed by atoms with Gasteiger partial charge in [-0.2, -0.15) is 13.2 Å². The standard InChI is InChI=1S/C7H5F3N2O2/c1-14-6-4(11-2-3-12-6)5(13)7(8,9)10/h2-3H,1H3. The summed E-state index contributed by atoms with van der Waals surface area (Å²) in [6.45, 7) is 0. The van der Waals surface area contributed by atoms with E-state index in [1.165, 1.54) is 0 Å². The van der Waals surface area contributed by atoms with Gasteiger partial charge in [0.25, 0.3) is 5.78 Å². The zero-order valence-electron chi connectivity index (χ0n) is 7.00. The first kappa shape index (κ1) is 10.4. The van der Waals surface area contributed by atoms with Crippen molar-refractivity contribution in [2.45, 2.75) is 6.18 Å². The van der Waals surface area contributed by atoms with Gasteiger partial charge in [0, 0.05) is 12.4 Å². The lowest BCUT2D eigenvalue weighted by molar-refractivity contribution is -0.0890. The topological polar surface area (TPSA) is 52.1 Å². The molecule has 0 unspecified atom stereocenters. The van der Waals surface area contributed by atoms with E-state index < -0.39 is 23.5 Å². The molecule has 0 aliphatic rings. The highest BCUT2D eigenvalue weighted by atomic mass is 19.4. The molecule has 1 aromatic heterocycles. The van der Waals surface area contributed by atoms with Crippen LogP contribution >= 0.6 is 0 Å². The maximum absolute atomic E-state index is 12.0. The Morgan fingerprint density at radius 1 is 1.36 bits per heavy atom. The van der Waals surface area contributed by atoms with Gasteiger partial charge >= 0.3 is 6.18 Å². The van der Waals surface area contributed by atoms with Gasteiger partial charge < -0.3 is 4.74 Å². The lowest BCUT2D eigenvalue weighted by Crippen LogP contribution is -2.24. The number of halogens is 3. The lowest BCUT2D eigenvalue weighted by atomic mass is 10.3. The monoisotopic (exact) mass is 206 g/mol. The molecule has 0 aliphatic carbocycles. The van der Waals surface area contributed by atoms with Gasteiger partial charge in [0.2, 0.25) is 5.88 Å². The number of hydrogen-bond donors (Lipinski definition) is 0. The normalized spacial score (nSPS) is 11.1. The van der Waals surface area contributed by atoms with Crippen molar-refractivity contribution in [1.29, 1.82) is 0 Å². The first-order valence-electron chi connectivity index (χ1n) is 3.43. The number of nitrogens with zero attached hydrogens (tertiary/aromatic N) is 2. The van der Waals surface area contributed by atoms with E-state index in [9.17, 15) is 18.0 Å². The minimum absolute atomic E-state index is 0.435. The third-order valence-electron chi connectivity index (χ3n) is 1.33. The molecule has 1 aromatic rings. The molecule has 0 amide bonds. The first-order valence-corrected chi connectivity index (χ1v) is 3.43. The Bertz CT molecular complexity index is 351. The van der Waals surface area contributed by atoms with Gasteiger partial charge in [-0.3, -0.25) is 4.79 Å². The third-order valence-corrected chi connectivity index (χ3v) is 1.33. The summed E-state index contributed by atoms with van der Waals surface area (Å²) in [5, 5.41) is 0. The Kier molecular flexibility index (Phi) is 2.68. The molecule has 14 heavy (non-hydrogen) atoms. The number of carbonyl (C=O) groups excluding carboxylic acids is 1. The molecule has 0 spiro atoms. The molecule has 0 saturated carbocycles.